The van der Waals surface area contributed by atoms with Crippen molar-refractivity contribution < 1.29 is 14.3 Å². The molecule has 0 bridgehead atoms. The van der Waals surface area contributed by atoms with E-state index in [4.69, 9.17) is 16.3 Å². The number of hydrogen-bond donors (Lipinski definition) is 0. The van der Waals surface area contributed by atoms with Crippen molar-refractivity contribution in [3.05, 3.63) is 12.7 Å². The van der Waals surface area contributed by atoms with Gasteiger partial charge in [0.2, 0.25) is 5.91 Å². The minimum Gasteiger partial charge on any atom is -0.445 e. The lowest BCUT2D eigenvalue weighted by Gasteiger charge is -2.33. The highest BCUT2D eigenvalue weighted by Crippen LogP contribution is 2.04. The molecule has 0 atom stereocenters. The summed E-state index contributed by atoms with van der Waals surface area (Å²) in [5, 5.41) is 0. The minimum absolute atomic E-state index is 0.0130. The fourth-order valence-corrected chi connectivity index (χ4v) is 1.61. The SMILES string of the molecule is C=CCOC(=O)N1CCN(C(=O)CCl)CC1. The highest BCUT2D eigenvalue weighted by molar-refractivity contribution is 6.27. The van der Waals surface area contributed by atoms with Crippen LogP contribution in [0.4, 0.5) is 4.79 Å². The van der Waals surface area contributed by atoms with Gasteiger partial charge in [0.05, 0.1) is 0 Å². The van der Waals surface area contributed by atoms with E-state index in [0.717, 1.165) is 0 Å². The molecule has 0 aromatic rings. The van der Waals surface area contributed by atoms with Gasteiger partial charge in [0.25, 0.3) is 0 Å². The summed E-state index contributed by atoms with van der Waals surface area (Å²) in [6.45, 7) is 5.66. The monoisotopic (exact) mass is 246 g/mol. The summed E-state index contributed by atoms with van der Waals surface area (Å²) in [6, 6.07) is 0. The molecule has 16 heavy (non-hydrogen) atoms. The molecule has 1 aliphatic rings. The summed E-state index contributed by atoms with van der Waals surface area (Å²) in [5.74, 6) is -0.109. The van der Waals surface area contributed by atoms with Crippen LogP contribution in [0, 0.1) is 0 Å². The van der Waals surface area contributed by atoms with E-state index in [1.807, 2.05) is 0 Å². The average molecular weight is 247 g/mol. The molecule has 2 amide bonds. The Morgan fingerprint density at radius 2 is 1.81 bits per heavy atom. The Hall–Kier alpha value is -1.23. The molecule has 1 aliphatic heterocycles. The number of nitrogens with zero attached hydrogens (tertiary/aromatic N) is 2. The zero-order chi connectivity index (χ0) is 12.0. The van der Waals surface area contributed by atoms with E-state index in [-0.39, 0.29) is 24.5 Å². The number of alkyl halides is 1. The molecular weight excluding hydrogens is 232 g/mol. The topological polar surface area (TPSA) is 49.9 Å². The predicted molar refractivity (Wildman–Crippen MR) is 60.4 cm³/mol. The van der Waals surface area contributed by atoms with E-state index in [0.29, 0.717) is 26.2 Å². The van der Waals surface area contributed by atoms with E-state index in [1.54, 1.807) is 9.80 Å². The number of piperazine rings is 1. The lowest BCUT2D eigenvalue weighted by Crippen LogP contribution is -2.51. The summed E-state index contributed by atoms with van der Waals surface area (Å²) in [5.41, 5.74) is 0. The van der Waals surface area contributed by atoms with E-state index in [9.17, 15) is 9.59 Å². The number of carbonyl (C=O) groups excluding carboxylic acids is 2. The summed E-state index contributed by atoms with van der Waals surface area (Å²) < 4.78 is 4.89. The van der Waals surface area contributed by atoms with Crippen molar-refractivity contribution in [2.75, 3.05) is 38.7 Å². The van der Waals surface area contributed by atoms with Crippen LogP contribution in [0.5, 0.6) is 0 Å². The maximum absolute atomic E-state index is 11.4. The Kier molecular flexibility index (Phi) is 5.11. The van der Waals surface area contributed by atoms with E-state index in [1.165, 1.54) is 6.08 Å². The van der Waals surface area contributed by atoms with E-state index < -0.39 is 0 Å². The fourth-order valence-electron chi connectivity index (χ4n) is 1.44. The van der Waals surface area contributed by atoms with Gasteiger partial charge in [0.15, 0.2) is 0 Å². The number of hydrogen-bond acceptors (Lipinski definition) is 3. The Bertz CT molecular complexity index is 275. The van der Waals surface area contributed by atoms with Gasteiger partial charge >= 0.3 is 6.09 Å². The normalized spacial score (nSPS) is 15.8. The standard InChI is InChI=1S/C10H15ClN2O3/c1-2-7-16-10(15)13-5-3-12(4-6-13)9(14)8-11/h2H,1,3-8H2. The molecule has 1 rings (SSSR count). The third-order valence-corrected chi connectivity index (χ3v) is 2.56. The van der Waals surface area contributed by atoms with Crippen molar-refractivity contribution in [1.29, 1.82) is 0 Å². The van der Waals surface area contributed by atoms with Crippen LogP contribution in [0.25, 0.3) is 0 Å². The van der Waals surface area contributed by atoms with Gasteiger partial charge < -0.3 is 14.5 Å². The van der Waals surface area contributed by atoms with Gasteiger partial charge in [-0.15, -0.1) is 11.6 Å². The molecule has 1 fully saturated rings. The number of ether oxygens (including phenoxy) is 1. The lowest BCUT2D eigenvalue weighted by atomic mass is 10.3. The summed E-state index contributed by atoms with van der Waals surface area (Å²) in [4.78, 5) is 25.9. The van der Waals surface area contributed by atoms with Gasteiger partial charge in [-0.25, -0.2) is 4.79 Å². The minimum atomic E-state index is -0.363. The fraction of sp³-hybridized carbons (Fsp3) is 0.600. The first-order valence-electron chi connectivity index (χ1n) is 5.05. The van der Waals surface area contributed by atoms with Crippen molar-refractivity contribution in [2.45, 2.75) is 0 Å². The van der Waals surface area contributed by atoms with Crippen LogP contribution >= 0.6 is 11.6 Å². The van der Waals surface area contributed by atoms with Gasteiger partial charge in [-0.05, 0) is 0 Å². The molecule has 0 aromatic carbocycles. The molecule has 0 saturated carbocycles. The van der Waals surface area contributed by atoms with Gasteiger partial charge in [0, 0.05) is 26.2 Å². The Balaban J connectivity index is 2.33. The zero-order valence-electron chi connectivity index (χ0n) is 9.02. The first-order chi connectivity index (χ1) is 7.69. The molecular formula is C10H15ClN2O3. The van der Waals surface area contributed by atoms with E-state index >= 15 is 0 Å². The summed E-state index contributed by atoms with van der Waals surface area (Å²) in [7, 11) is 0. The summed E-state index contributed by atoms with van der Waals surface area (Å²) in [6.07, 6.45) is 1.16. The van der Waals surface area contributed by atoms with Gasteiger partial charge in [-0.1, -0.05) is 12.7 Å². The highest BCUT2D eigenvalue weighted by Gasteiger charge is 2.24. The molecule has 0 N–H and O–H groups in total. The molecule has 0 aromatic heterocycles. The molecule has 0 spiro atoms. The predicted octanol–water partition coefficient (Wildman–Crippen LogP) is 0.692. The quantitative estimate of drug-likeness (QED) is 0.544. The van der Waals surface area contributed by atoms with E-state index in [2.05, 4.69) is 6.58 Å². The maximum Gasteiger partial charge on any atom is 0.410 e. The van der Waals surface area contributed by atoms with Gasteiger partial charge in [-0.3, -0.25) is 4.79 Å². The number of amides is 2. The molecule has 1 heterocycles. The van der Waals surface area contributed by atoms with Crippen LogP contribution in [0.2, 0.25) is 0 Å². The first kappa shape index (κ1) is 12.8. The lowest BCUT2D eigenvalue weighted by molar-refractivity contribution is -0.130. The largest absolute Gasteiger partial charge is 0.445 e. The number of halogens is 1. The number of carbonyl (C=O) groups is 2. The zero-order valence-corrected chi connectivity index (χ0v) is 9.78. The van der Waals surface area contributed by atoms with Crippen molar-refractivity contribution in [2.24, 2.45) is 0 Å². The Morgan fingerprint density at radius 1 is 1.25 bits per heavy atom. The third kappa shape index (κ3) is 3.41. The molecule has 0 aliphatic carbocycles. The van der Waals surface area contributed by atoms with Crippen LogP contribution in [0.3, 0.4) is 0 Å². The van der Waals surface area contributed by atoms with Gasteiger partial charge in [0.1, 0.15) is 12.5 Å². The molecule has 90 valence electrons. The second-order valence-corrected chi connectivity index (χ2v) is 3.63. The Morgan fingerprint density at radius 3 is 2.31 bits per heavy atom. The van der Waals surface area contributed by atoms with Crippen LogP contribution in [-0.4, -0.2) is 60.5 Å². The second-order valence-electron chi connectivity index (χ2n) is 3.37. The van der Waals surface area contributed by atoms with Crippen molar-refractivity contribution in [1.82, 2.24) is 9.80 Å². The highest BCUT2D eigenvalue weighted by atomic mass is 35.5. The second kappa shape index (κ2) is 6.37. The van der Waals surface area contributed by atoms with Crippen molar-refractivity contribution >= 4 is 23.6 Å². The Labute approximate surface area is 99.6 Å². The molecule has 0 radical (unpaired) electrons. The van der Waals surface area contributed by atoms with Crippen molar-refractivity contribution in [3.8, 4) is 0 Å². The molecule has 0 unspecified atom stereocenters. The summed E-state index contributed by atoms with van der Waals surface area (Å²) >= 11 is 5.45. The molecule has 5 nitrogen and oxygen atoms in total. The van der Waals surface area contributed by atoms with Crippen LogP contribution < -0.4 is 0 Å². The number of rotatable bonds is 3. The maximum atomic E-state index is 11.4. The van der Waals surface area contributed by atoms with Crippen molar-refractivity contribution in [3.63, 3.8) is 0 Å². The first-order valence-corrected chi connectivity index (χ1v) is 5.59. The van der Waals surface area contributed by atoms with Crippen LogP contribution in [0.15, 0.2) is 12.7 Å². The van der Waals surface area contributed by atoms with Gasteiger partial charge in [-0.2, -0.15) is 0 Å². The van der Waals surface area contributed by atoms with Crippen LogP contribution in [0.1, 0.15) is 0 Å². The van der Waals surface area contributed by atoms with Crippen LogP contribution in [-0.2, 0) is 9.53 Å². The average Bonchev–Trinajstić information content (AvgIpc) is 2.35. The molecule has 6 heteroatoms. The third-order valence-electron chi connectivity index (χ3n) is 2.33. The smallest absolute Gasteiger partial charge is 0.410 e. The molecule has 1 saturated heterocycles.